The van der Waals surface area contributed by atoms with E-state index in [0.717, 1.165) is 11.6 Å². The lowest BCUT2D eigenvalue weighted by Gasteiger charge is -2.11. The Morgan fingerprint density at radius 3 is 2.61 bits per heavy atom. The summed E-state index contributed by atoms with van der Waals surface area (Å²) in [6.07, 6.45) is 0. The van der Waals surface area contributed by atoms with E-state index in [4.69, 9.17) is 10.5 Å². The van der Waals surface area contributed by atoms with Crippen molar-refractivity contribution in [2.75, 3.05) is 5.73 Å². The van der Waals surface area contributed by atoms with Crippen molar-refractivity contribution in [2.24, 2.45) is 0 Å². The van der Waals surface area contributed by atoms with Gasteiger partial charge in [-0.2, -0.15) is 0 Å². The molecule has 2 N–H and O–H groups in total. The van der Waals surface area contributed by atoms with Crippen molar-refractivity contribution in [3.63, 3.8) is 0 Å². The van der Waals surface area contributed by atoms with Crippen molar-refractivity contribution >= 4 is 5.69 Å². The van der Waals surface area contributed by atoms with Crippen molar-refractivity contribution in [1.82, 2.24) is 0 Å². The van der Waals surface area contributed by atoms with Crippen LogP contribution in [0.15, 0.2) is 36.4 Å². The second kappa shape index (κ2) is 5.04. The smallest absolute Gasteiger partial charge is 0.165 e. The molecule has 0 aliphatic heterocycles. The number of nitrogen functional groups attached to an aromatic ring is 1. The summed E-state index contributed by atoms with van der Waals surface area (Å²) in [5.74, 6) is -1.30. The van der Waals surface area contributed by atoms with Crippen LogP contribution in [0.1, 0.15) is 11.1 Å². The van der Waals surface area contributed by atoms with Crippen molar-refractivity contribution in [2.45, 2.75) is 13.5 Å². The third-order valence-electron chi connectivity index (χ3n) is 2.70. The molecule has 0 unspecified atom stereocenters. The molecule has 2 rings (SSSR count). The van der Waals surface area contributed by atoms with Gasteiger partial charge in [-0.3, -0.25) is 0 Å². The van der Waals surface area contributed by atoms with Gasteiger partial charge in [0.1, 0.15) is 12.4 Å². The Hall–Kier alpha value is -2.10. The molecule has 4 heteroatoms. The van der Waals surface area contributed by atoms with Gasteiger partial charge in [0.2, 0.25) is 0 Å². The van der Waals surface area contributed by atoms with E-state index in [2.05, 4.69) is 0 Å². The molecule has 0 spiro atoms. The summed E-state index contributed by atoms with van der Waals surface area (Å²) in [7, 11) is 0. The number of hydrogen-bond acceptors (Lipinski definition) is 2. The van der Waals surface area contributed by atoms with Gasteiger partial charge >= 0.3 is 0 Å². The van der Waals surface area contributed by atoms with Crippen molar-refractivity contribution in [1.29, 1.82) is 0 Å². The Balaban J connectivity index is 2.17. The van der Waals surface area contributed by atoms with E-state index in [0.29, 0.717) is 11.4 Å². The van der Waals surface area contributed by atoms with E-state index in [9.17, 15) is 8.78 Å². The first kappa shape index (κ1) is 12.4. The summed E-state index contributed by atoms with van der Waals surface area (Å²) in [5, 5.41) is 0. The zero-order valence-electron chi connectivity index (χ0n) is 9.91. The minimum Gasteiger partial charge on any atom is -0.487 e. The molecule has 0 fully saturated rings. The van der Waals surface area contributed by atoms with Gasteiger partial charge in [0.25, 0.3) is 0 Å². The highest BCUT2D eigenvalue weighted by atomic mass is 19.2. The Kier molecular flexibility index (Phi) is 3.46. The fraction of sp³-hybridized carbons (Fsp3) is 0.143. The molecule has 2 aromatic rings. The monoisotopic (exact) mass is 249 g/mol. The van der Waals surface area contributed by atoms with Gasteiger partial charge in [-0.1, -0.05) is 24.3 Å². The van der Waals surface area contributed by atoms with Crippen LogP contribution in [-0.4, -0.2) is 0 Å². The molecule has 0 aliphatic rings. The van der Waals surface area contributed by atoms with E-state index < -0.39 is 11.6 Å². The van der Waals surface area contributed by atoms with Crippen LogP contribution in [0.2, 0.25) is 0 Å². The molecule has 0 saturated carbocycles. The first-order chi connectivity index (χ1) is 8.59. The molecule has 0 aromatic heterocycles. The Labute approximate surface area is 104 Å². The van der Waals surface area contributed by atoms with Crippen molar-refractivity contribution in [3.8, 4) is 5.75 Å². The summed E-state index contributed by atoms with van der Waals surface area (Å²) in [6.45, 7) is 1.79. The number of nitrogens with two attached hydrogens (primary N) is 1. The van der Waals surface area contributed by atoms with Crippen molar-refractivity contribution in [3.05, 3.63) is 59.2 Å². The molecule has 94 valence electrons. The van der Waals surface area contributed by atoms with Crippen LogP contribution in [-0.2, 0) is 6.61 Å². The maximum atomic E-state index is 13.4. The van der Waals surface area contributed by atoms with Crippen molar-refractivity contribution < 1.29 is 13.5 Å². The third kappa shape index (κ3) is 2.42. The number of halogens is 2. The highest BCUT2D eigenvalue weighted by Crippen LogP contribution is 2.25. The number of rotatable bonds is 3. The van der Waals surface area contributed by atoms with Gasteiger partial charge in [0, 0.05) is 5.56 Å². The standard InChI is InChI=1S/C14H13F2NO/c1-9-4-2-7-12(14(9)17)18-8-10-5-3-6-11(15)13(10)16/h2-7H,8,17H2,1H3. The zero-order valence-corrected chi connectivity index (χ0v) is 9.91. The van der Waals surface area contributed by atoms with Gasteiger partial charge in [0.15, 0.2) is 11.6 Å². The van der Waals surface area contributed by atoms with Gasteiger partial charge in [-0.05, 0) is 24.6 Å². The van der Waals surface area contributed by atoms with Crippen LogP contribution in [0.25, 0.3) is 0 Å². The van der Waals surface area contributed by atoms with Gasteiger partial charge in [0.05, 0.1) is 5.69 Å². The maximum Gasteiger partial charge on any atom is 0.165 e. The lowest BCUT2D eigenvalue weighted by molar-refractivity contribution is 0.298. The SMILES string of the molecule is Cc1cccc(OCc2cccc(F)c2F)c1N. The fourth-order valence-corrected chi connectivity index (χ4v) is 1.60. The second-order valence-corrected chi connectivity index (χ2v) is 3.99. The molecule has 2 nitrogen and oxygen atoms in total. The molecule has 2 aromatic carbocycles. The average molecular weight is 249 g/mol. The van der Waals surface area contributed by atoms with E-state index in [-0.39, 0.29) is 12.2 Å². The first-order valence-electron chi connectivity index (χ1n) is 5.50. The number of aryl methyl sites for hydroxylation is 1. The molecular formula is C14H13F2NO. The van der Waals surface area contributed by atoms with E-state index in [1.54, 1.807) is 12.1 Å². The number of para-hydroxylation sites is 1. The minimum atomic E-state index is -0.885. The van der Waals surface area contributed by atoms with Gasteiger partial charge in [-0.15, -0.1) is 0 Å². The fourth-order valence-electron chi connectivity index (χ4n) is 1.60. The highest BCUT2D eigenvalue weighted by molar-refractivity contribution is 5.57. The molecule has 0 aliphatic carbocycles. The minimum absolute atomic E-state index is 0.0583. The van der Waals surface area contributed by atoms with Crippen LogP contribution in [0, 0.1) is 18.6 Å². The molecule has 0 heterocycles. The summed E-state index contributed by atoms with van der Waals surface area (Å²) >= 11 is 0. The molecule has 0 bridgehead atoms. The largest absolute Gasteiger partial charge is 0.487 e. The van der Waals surface area contributed by atoms with Gasteiger partial charge < -0.3 is 10.5 Å². The summed E-state index contributed by atoms with van der Waals surface area (Å²) in [4.78, 5) is 0. The number of hydrogen-bond donors (Lipinski definition) is 1. The van der Waals surface area contributed by atoms with E-state index in [1.807, 2.05) is 13.0 Å². The van der Waals surface area contributed by atoms with Crippen LogP contribution < -0.4 is 10.5 Å². The van der Waals surface area contributed by atoms with Crippen LogP contribution in [0.5, 0.6) is 5.75 Å². The molecular weight excluding hydrogens is 236 g/mol. The normalized spacial score (nSPS) is 10.4. The van der Waals surface area contributed by atoms with Crippen LogP contribution in [0.4, 0.5) is 14.5 Å². The second-order valence-electron chi connectivity index (χ2n) is 3.99. The number of ether oxygens (including phenoxy) is 1. The first-order valence-corrected chi connectivity index (χ1v) is 5.50. The topological polar surface area (TPSA) is 35.2 Å². The quantitative estimate of drug-likeness (QED) is 0.846. The van der Waals surface area contributed by atoms with Crippen LogP contribution in [0.3, 0.4) is 0 Å². The third-order valence-corrected chi connectivity index (χ3v) is 2.70. The Morgan fingerprint density at radius 1 is 1.11 bits per heavy atom. The summed E-state index contributed by atoms with van der Waals surface area (Å²) < 4.78 is 31.8. The lowest BCUT2D eigenvalue weighted by atomic mass is 10.2. The van der Waals surface area contributed by atoms with E-state index >= 15 is 0 Å². The lowest BCUT2D eigenvalue weighted by Crippen LogP contribution is -2.03. The molecule has 0 saturated heterocycles. The molecule has 0 amide bonds. The maximum absolute atomic E-state index is 13.4. The molecule has 0 atom stereocenters. The molecule has 0 radical (unpaired) electrons. The Morgan fingerprint density at radius 2 is 1.83 bits per heavy atom. The highest BCUT2D eigenvalue weighted by Gasteiger charge is 2.09. The number of anilines is 1. The van der Waals surface area contributed by atoms with Crippen LogP contribution >= 0.6 is 0 Å². The molecule has 18 heavy (non-hydrogen) atoms. The summed E-state index contributed by atoms with van der Waals surface area (Å²) in [5.41, 5.74) is 7.38. The van der Waals surface area contributed by atoms with E-state index in [1.165, 1.54) is 12.1 Å². The predicted octanol–water partition coefficient (Wildman–Crippen LogP) is 3.43. The van der Waals surface area contributed by atoms with Gasteiger partial charge in [-0.25, -0.2) is 8.78 Å². The summed E-state index contributed by atoms with van der Waals surface area (Å²) in [6, 6.07) is 9.33. The predicted molar refractivity (Wildman–Crippen MR) is 66.3 cm³/mol. The number of benzene rings is 2. The average Bonchev–Trinajstić information content (AvgIpc) is 2.36. The Bertz CT molecular complexity index is 518. The zero-order chi connectivity index (χ0) is 13.1.